The summed E-state index contributed by atoms with van der Waals surface area (Å²) in [5.74, 6) is -1.31. The van der Waals surface area contributed by atoms with E-state index in [4.69, 9.17) is 16.7 Å². The van der Waals surface area contributed by atoms with E-state index >= 15 is 0 Å². The standard InChI is InChI=1S/C7H3ClF2INO2/c8-3-1-2(7(13)14)4(11)5(12-3)6(9)10/h1,6H,(H,13,14). The first-order valence-corrected chi connectivity index (χ1v) is 4.76. The van der Waals surface area contributed by atoms with Gasteiger partial charge in [0.25, 0.3) is 6.43 Å². The zero-order chi connectivity index (χ0) is 10.9. The van der Waals surface area contributed by atoms with Gasteiger partial charge in [-0.2, -0.15) is 0 Å². The van der Waals surface area contributed by atoms with Gasteiger partial charge in [-0.3, -0.25) is 0 Å². The number of rotatable bonds is 2. The quantitative estimate of drug-likeness (QED) is 0.669. The number of aromatic nitrogens is 1. The third-order valence-electron chi connectivity index (χ3n) is 1.39. The van der Waals surface area contributed by atoms with Crippen molar-refractivity contribution in [2.45, 2.75) is 6.43 Å². The van der Waals surface area contributed by atoms with Gasteiger partial charge in [0.05, 0.1) is 9.13 Å². The molecule has 0 bridgehead atoms. The van der Waals surface area contributed by atoms with Crippen LogP contribution >= 0.6 is 34.2 Å². The van der Waals surface area contributed by atoms with Gasteiger partial charge in [0, 0.05) is 0 Å². The monoisotopic (exact) mass is 333 g/mol. The van der Waals surface area contributed by atoms with Gasteiger partial charge in [0.1, 0.15) is 10.8 Å². The molecule has 0 saturated heterocycles. The molecule has 0 saturated carbocycles. The third-order valence-corrected chi connectivity index (χ3v) is 2.72. The second kappa shape index (κ2) is 4.35. The molecule has 1 aromatic rings. The second-order valence-corrected chi connectivity index (χ2v) is 3.76. The summed E-state index contributed by atoms with van der Waals surface area (Å²) in [6.07, 6.45) is -2.83. The maximum atomic E-state index is 12.3. The van der Waals surface area contributed by atoms with Crippen molar-refractivity contribution in [3.63, 3.8) is 0 Å². The fourth-order valence-corrected chi connectivity index (χ4v) is 1.76. The number of nitrogens with zero attached hydrogens (tertiary/aromatic N) is 1. The van der Waals surface area contributed by atoms with E-state index in [1.54, 1.807) is 0 Å². The van der Waals surface area contributed by atoms with E-state index in [2.05, 4.69) is 4.98 Å². The minimum atomic E-state index is -2.83. The molecule has 3 nitrogen and oxygen atoms in total. The Morgan fingerprint density at radius 2 is 2.21 bits per heavy atom. The molecule has 0 radical (unpaired) electrons. The van der Waals surface area contributed by atoms with Crippen LogP contribution in [0.15, 0.2) is 6.07 Å². The number of pyridine rings is 1. The number of carboxylic acid groups (broad SMARTS) is 1. The van der Waals surface area contributed by atoms with E-state index in [1.165, 1.54) is 22.6 Å². The molecule has 0 amide bonds. The van der Waals surface area contributed by atoms with Crippen molar-refractivity contribution < 1.29 is 18.7 Å². The van der Waals surface area contributed by atoms with Crippen molar-refractivity contribution in [2.75, 3.05) is 0 Å². The van der Waals surface area contributed by atoms with Gasteiger partial charge in [0.15, 0.2) is 0 Å². The molecule has 0 spiro atoms. The van der Waals surface area contributed by atoms with Crippen LogP contribution in [0.4, 0.5) is 8.78 Å². The van der Waals surface area contributed by atoms with Crippen LogP contribution in [0.5, 0.6) is 0 Å². The Bertz CT molecular complexity index is 386. The predicted octanol–water partition coefficient (Wildman–Crippen LogP) is 2.98. The van der Waals surface area contributed by atoms with Crippen molar-refractivity contribution >= 4 is 40.2 Å². The van der Waals surface area contributed by atoms with Crippen LogP contribution < -0.4 is 0 Å². The maximum Gasteiger partial charge on any atom is 0.336 e. The first kappa shape index (κ1) is 11.6. The Morgan fingerprint density at radius 1 is 1.64 bits per heavy atom. The average molecular weight is 333 g/mol. The van der Waals surface area contributed by atoms with E-state index < -0.39 is 18.1 Å². The molecule has 1 rings (SSSR count). The fraction of sp³-hybridized carbons (Fsp3) is 0.143. The van der Waals surface area contributed by atoms with Gasteiger partial charge < -0.3 is 5.11 Å². The third kappa shape index (κ3) is 2.30. The van der Waals surface area contributed by atoms with Gasteiger partial charge >= 0.3 is 5.97 Å². The Hall–Kier alpha value is -0.500. The Labute approximate surface area is 96.2 Å². The van der Waals surface area contributed by atoms with Crippen LogP contribution in [0.25, 0.3) is 0 Å². The summed E-state index contributed by atoms with van der Waals surface area (Å²) >= 11 is 6.91. The van der Waals surface area contributed by atoms with Crippen LogP contribution in [0.2, 0.25) is 5.15 Å². The lowest BCUT2D eigenvalue weighted by atomic mass is 10.2. The van der Waals surface area contributed by atoms with E-state index in [0.717, 1.165) is 6.07 Å². The highest BCUT2D eigenvalue weighted by Gasteiger charge is 2.20. The van der Waals surface area contributed by atoms with Crippen molar-refractivity contribution in [1.82, 2.24) is 4.98 Å². The molecule has 0 atom stereocenters. The molecule has 14 heavy (non-hydrogen) atoms. The predicted molar refractivity (Wildman–Crippen MR) is 53.9 cm³/mol. The summed E-state index contributed by atoms with van der Waals surface area (Å²) in [7, 11) is 0. The lowest BCUT2D eigenvalue weighted by Gasteiger charge is -2.05. The van der Waals surface area contributed by atoms with Gasteiger partial charge in [-0.15, -0.1) is 0 Å². The highest BCUT2D eigenvalue weighted by atomic mass is 127. The van der Waals surface area contributed by atoms with E-state index in [1.807, 2.05) is 0 Å². The zero-order valence-corrected chi connectivity index (χ0v) is 9.38. The SMILES string of the molecule is O=C(O)c1cc(Cl)nc(C(F)F)c1I. The molecular weight excluding hydrogens is 330 g/mol. The molecule has 0 aliphatic rings. The van der Waals surface area contributed by atoms with E-state index in [0.29, 0.717) is 0 Å². The van der Waals surface area contributed by atoms with Crippen molar-refractivity contribution in [3.05, 3.63) is 26.0 Å². The maximum absolute atomic E-state index is 12.3. The number of carboxylic acids is 1. The van der Waals surface area contributed by atoms with E-state index in [9.17, 15) is 13.6 Å². The van der Waals surface area contributed by atoms with Crippen molar-refractivity contribution in [1.29, 1.82) is 0 Å². The largest absolute Gasteiger partial charge is 0.478 e. The van der Waals surface area contributed by atoms with Gasteiger partial charge in [-0.05, 0) is 28.7 Å². The first-order chi connectivity index (χ1) is 6.43. The van der Waals surface area contributed by atoms with Crippen molar-refractivity contribution in [2.24, 2.45) is 0 Å². The number of carbonyl (C=O) groups is 1. The minimum Gasteiger partial charge on any atom is -0.478 e. The Balaban J connectivity index is 3.40. The molecule has 0 fully saturated rings. The molecule has 76 valence electrons. The smallest absolute Gasteiger partial charge is 0.336 e. The zero-order valence-electron chi connectivity index (χ0n) is 6.47. The second-order valence-electron chi connectivity index (χ2n) is 2.30. The van der Waals surface area contributed by atoms with Crippen LogP contribution in [-0.4, -0.2) is 16.1 Å². The number of aromatic carboxylic acids is 1. The minimum absolute atomic E-state index is 0.0884. The molecule has 1 aromatic heterocycles. The van der Waals surface area contributed by atoms with Crippen LogP contribution in [0.3, 0.4) is 0 Å². The van der Waals surface area contributed by atoms with E-state index in [-0.39, 0.29) is 14.3 Å². The summed E-state index contributed by atoms with van der Waals surface area (Å²) < 4.78 is 24.6. The molecule has 7 heteroatoms. The molecule has 0 aliphatic heterocycles. The highest BCUT2D eigenvalue weighted by Crippen LogP contribution is 2.27. The van der Waals surface area contributed by atoms with Crippen LogP contribution in [0, 0.1) is 3.57 Å². The Kier molecular flexibility index (Phi) is 3.59. The van der Waals surface area contributed by atoms with Crippen LogP contribution in [-0.2, 0) is 0 Å². The first-order valence-electron chi connectivity index (χ1n) is 3.31. The molecule has 0 unspecified atom stereocenters. The molecular formula is C7H3ClF2INO2. The van der Waals surface area contributed by atoms with Gasteiger partial charge in [0.2, 0.25) is 0 Å². The topological polar surface area (TPSA) is 50.2 Å². The number of alkyl halides is 2. The van der Waals surface area contributed by atoms with Crippen molar-refractivity contribution in [3.8, 4) is 0 Å². The number of halogens is 4. The molecule has 1 N–H and O–H groups in total. The summed E-state index contributed by atoms with van der Waals surface area (Å²) in [5.41, 5.74) is -0.864. The summed E-state index contributed by atoms with van der Waals surface area (Å²) in [5, 5.41) is 8.41. The molecule has 1 heterocycles. The highest BCUT2D eigenvalue weighted by molar-refractivity contribution is 14.1. The number of hydrogen-bond donors (Lipinski definition) is 1. The summed E-state index contributed by atoms with van der Waals surface area (Å²) in [6, 6.07) is 1.04. The number of hydrogen-bond acceptors (Lipinski definition) is 2. The average Bonchev–Trinajstić information content (AvgIpc) is 2.07. The van der Waals surface area contributed by atoms with Gasteiger partial charge in [-0.1, -0.05) is 11.6 Å². The van der Waals surface area contributed by atoms with Crippen LogP contribution in [0.1, 0.15) is 22.5 Å². The molecule has 0 aromatic carbocycles. The fourth-order valence-electron chi connectivity index (χ4n) is 0.817. The van der Waals surface area contributed by atoms with Gasteiger partial charge in [-0.25, -0.2) is 18.6 Å². The lowest BCUT2D eigenvalue weighted by Crippen LogP contribution is -2.05. The lowest BCUT2D eigenvalue weighted by molar-refractivity contribution is 0.0694. The summed E-state index contributed by atoms with van der Waals surface area (Å²) in [6.45, 7) is 0. The normalized spacial score (nSPS) is 10.6. The summed E-state index contributed by atoms with van der Waals surface area (Å²) in [4.78, 5) is 14.0. The molecule has 0 aliphatic carbocycles. The Morgan fingerprint density at radius 3 is 2.64 bits per heavy atom.